The highest BCUT2D eigenvalue weighted by Crippen LogP contribution is 2.25. The van der Waals surface area contributed by atoms with E-state index in [2.05, 4.69) is 18.6 Å². The Kier molecular flexibility index (Phi) is 5.59. The molecule has 5 heteroatoms. The van der Waals surface area contributed by atoms with Crippen LogP contribution >= 0.6 is 0 Å². The fourth-order valence-electron chi connectivity index (χ4n) is 2.40. The van der Waals surface area contributed by atoms with E-state index in [-0.39, 0.29) is 6.04 Å². The predicted octanol–water partition coefficient (Wildman–Crippen LogP) is 2.99. The minimum Gasteiger partial charge on any atom is -0.398 e. The summed E-state index contributed by atoms with van der Waals surface area (Å²) < 4.78 is 27.8. The third-order valence-corrected chi connectivity index (χ3v) is 5.60. The van der Waals surface area contributed by atoms with Gasteiger partial charge in [0.1, 0.15) is 0 Å². The number of benzene rings is 1. The molecule has 0 aromatic heterocycles. The van der Waals surface area contributed by atoms with Gasteiger partial charge in [-0.15, -0.1) is 0 Å². The standard InChI is InChI=1S/C15H26N2O2S/c1-6-10(2)9-12(4)17-20(18,19)15-11(3)7-8-14(16)13(15)5/h7-8,10,12,17H,6,9,16H2,1-5H3. The van der Waals surface area contributed by atoms with Crippen LogP contribution < -0.4 is 10.5 Å². The molecule has 0 saturated carbocycles. The molecule has 0 saturated heterocycles. The average Bonchev–Trinajstić information content (AvgIpc) is 2.32. The van der Waals surface area contributed by atoms with Crippen molar-refractivity contribution in [3.8, 4) is 0 Å². The molecule has 0 aliphatic heterocycles. The van der Waals surface area contributed by atoms with E-state index in [0.717, 1.165) is 18.4 Å². The van der Waals surface area contributed by atoms with Gasteiger partial charge in [0.25, 0.3) is 0 Å². The fraction of sp³-hybridized carbons (Fsp3) is 0.600. The molecule has 0 heterocycles. The van der Waals surface area contributed by atoms with Crippen LogP contribution in [0.2, 0.25) is 0 Å². The van der Waals surface area contributed by atoms with E-state index in [1.807, 2.05) is 6.92 Å². The van der Waals surface area contributed by atoms with E-state index in [1.165, 1.54) is 0 Å². The van der Waals surface area contributed by atoms with Crippen LogP contribution in [0.5, 0.6) is 0 Å². The van der Waals surface area contributed by atoms with Gasteiger partial charge in [-0.3, -0.25) is 0 Å². The van der Waals surface area contributed by atoms with E-state index < -0.39 is 10.0 Å². The molecule has 0 bridgehead atoms. The van der Waals surface area contributed by atoms with Crippen molar-refractivity contribution in [2.45, 2.75) is 58.4 Å². The second-order valence-electron chi connectivity index (χ2n) is 5.70. The number of nitrogen functional groups attached to an aromatic ring is 1. The van der Waals surface area contributed by atoms with Crippen molar-refractivity contribution in [2.75, 3.05) is 5.73 Å². The molecule has 0 aliphatic rings. The smallest absolute Gasteiger partial charge is 0.241 e. The lowest BCUT2D eigenvalue weighted by Crippen LogP contribution is -2.34. The van der Waals surface area contributed by atoms with Crippen LogP contribution in [0.25, 0.3) is 0 Å². The Balaban J connectivity index is 3.04. The Labute approximate surface area is 122 Å². The molecule has 114 valence electrons. The summed E-state index contributed by atoms with van der Waals surface area (Å²) in [7, 11) is -3.53. The summed E-state index contributed by atoms with van der Waals surface area (Å²) in [5, 5.41) is 0. The van der Waals surface area contributed by atoms with Gasteiger partial charge < -0.3 is 5.73 Å². The maximum atomic E-state index is 12.5. The van der Waals surface area contributed by atoms with Gasteiger partial charge in [-0.1, -0.05) is 26.3 Å². The minimum absolute atomic E-state index is 0.0878. The molecular formula is C15H26N2O2S. The van der Waals surface area contributed by atoms with Crippen molar-refractivity contribution in [1.29, 1.82) is 0 Å². The quantitative estimate of drug-likeness (QED) is 0.793. The van der Waals surface area contributed by atoms with E-state index in [9.17, 15) is 8.42 Å². The van der Waals surface area contributed by atoms with Gasteiger partial charge in [0.15, 0.2) is 0 Å². The van der Waals surface area contributed by atoms with Crippen LogP contribution in [-0.2, 0) is 10.0 Å². The summed E-state index contributed by atoms with van der Waals surface area (Å²) in [5.74, 6) is 0.496. The van der Waals surface area contributed by atoms with Crippen LogP contribution in [0.4, 0.5) is 5.69 Å². The Morgan fingerprint density at radius 3 is 2.40 bits per heavy atom. The Hall–Kier alpha value is -1.07. The summed E-state index contributed by atoms with van der Waals surface area (Å²) >= 11 is 0. The van der Waals surface area contributed by atoms with Crippen LogP contribution in [0.15, 0.2) is 17.0 Å². The van der Waals surface area contributed by atoms with Gasteiger partial charge in [-0.2, -0.15) is 0 Å². The van der Waals surface area contributed by atoms with Crippen LogP contribution in [0.1, 0.15) is 44.7 Å². The van der Waals surface area contributed by atoms with Crippen molar-refractivity contribution in [3.63, 3.8) is 0 Å². The van der Waals surface area contributed by atoms with Crippen LogP contribution in [-0.4, -0.2) is 14.5 Å². The van der Waals surface area contributed by atoms with Gasteiger partial charge in [-0.25, -0.2) is 13.1 Å². The lowest BCUT2D eigenvalue weighted by molar-refractivity contribution is 0.445. The molecule has 20 heavy (non-hydrogen) atoms. The topological polar surface area (TPSA) is 72.2 Å². The number of sulfonamides is 1. The molecule has 1 aromatic carbocycles. The number of rotatable bonds is 6. The van der Waals surface area contributed by atoms with Gasteiger partial charge in [0.05, 0.1) is 4.90 Å². The lowest BCUT2D eigenvalue weighted by atomic mass is 10.0. The first-order valence-corrected chi connectivity index (χ1v) is 8.55. The van der Waals surface area contributed by atoms with Crippen LogP contribution in [0.3, 0.4) is 0 Å². The van der Waals surface area contributed by atoms with Crippen LogP contribution in [0, 0.1) is 19.8 Å². The molecule has 0 spiro atoms. The second kappa shape index (κ2) is 6.59. The first-order chi connectivity index (χ1) is 9.19. The number of aryl methyl sites for hydroxylation is 1. The largest absolute Gasteiger partial charge is 0.398 e. The van der Waals surface area contributed by atoms with E-state index in [4.69, 9.17) is 5.73 Å². The SMILES string of the molecule is CCC(C)CC(C)NS(=O)(=O)c1c(C)ccc(N)c1C. The molecule has 4 nitrogen and oxygen atoms in total. The highest BCUT2D eigenvalue weighted by Gasteiger charge is 2.23. The summed E-state index contributed by atoms with van der Waals surface area (Å²) in [6.07, 6.45) is 1.87. The third kappa shape index (κ3) is 3.96. The van der Waals surface area contributed by atoms with Gasteiger partial charge in [0.2, 0.25) is 10.0 Å². The van der Waals surface area contributed by atoms with Crippen molar-refractivity contribution >= 4 is 15.7 Å². The van der Waals surface area contributed by atoms with Gasteiger partial charge in [-0.05, 0) is 50.3 Å². The zero-order chi connectivity index (χ0) is 15.5. The maximum Gasteiger partial charge on any atom is 0.241 e. The minimum atomic E-state index is -3.53. The van der Waals surface area contributed by atoms with E-state index in [1.54, 1.807) is 26.0 Å². The summed E-state index contributed by atoms with van der Waals surface area (Å²) in [5.41, 5.74) is 7.67. The molecule has 0 amide bonds. The number of hydrogen-bond acceptors (Lipinski definition) is 3. The molecule has 0 aliphatic carbocycles. The molecule has 2 unspecified atom stereocenters. The number of nitrogens with two attached hydrogens (primary N) is 1. The summed E-state index contributed by atoms with van der Waals surface area (Å²) in [6, 6.07) is 3.40. The summed E-state index contributed by atoms with van der Waals surface area (Å²) in [4.78, 5) is 0.313. The highest BCUT2D eigenvalue weighted by molar-refractivity contribution is 7.89. The van der Waals surface area contributed by atoms with E-state index in [0.29, 0.717) is 22.1 Å². The second-order valence-corrected chi connectivity index (χ2v) is 7.35. The van der Waals surface area contributed by atoms with Crippen molar-refractivity contribution < 1.29 is 8.42 Å². The summed E-state index contributed by atoms with van der Waals surface area (Å²) in [6.45, 7) is 9.68. The molecule has 1 aromatic rings. The van der Waals surface area contributed by atoms with Gasteiger partial charge >= 0.3 is 0 Å². The molecule has 2 atom stereocenters. The molecule has 3 N–H and O–H groups in total. The van der Waals surface area contributed by atoms with Crippen molar-refractivity contribution in [1.82, 2.24) is 4.72 Å². The van der Waals surface area contributed by atoms with Crippen molar-refractivity contribution in [3.05, 3.63) is 23.3 Å². The fourth-order valence-corrected chi connectivity index (χ4v) is 4.15. The molecule has 0 radical (unpaired) electrons. The maximum absolute atomic E-state index is 12.5. The number of hydrogen-bond donors (Lipinski definition) is 2. The molecule has 0 fully saturated rings. The first-order valence-electron chi connectivity index (χ1n) is 7.07. The third-order valence-electron chi connectivity index (χ3n) is 3.72. The Morgan fingerprint density at radius 1 is 1.25 bits per heavy atom. The zero-order valence-corrected chi connectivity index (χ0v) is 13.8. The average molecular weight is 298 g/mol. The predicted molar refractivity (Wildman–Crippen MR) is 84.2 cm³/mol. The normalized spacial score (nSPS) is 15.1. The zero-order valence-electron chi connectivity index (χ0n) is 13.0. The Morgan fingerprint density at radius 2 is 1.85 bits per heavy atom. The first kappa shape index (κ1) is 17.0. The highest BCUT2D eigenvalue weighted by atomic mass is 32.2. The molecule has 1 rings (SSSR count). The number of nitrogens with one attached hydrogen (secondary N) is 1. The van der Waals surface area contributed by atoms with Gasteiger partial charge in [0, 0.05) is 11.7 Å². The Bertz CT molecular complexity index is 567. The lowest BCUT2D eigenvalue weighted by Gasteiger charge is -2.20. The number of anilines is 1. The van der Waals surface area contributed by atoms with Crippen molar-refractivity contribution in [2.24, 2.45) is 5.92 Å². The van der Waals surface area contributed by atoms with E-state index >= 15 is 0 Å². The molecular weight excluding hydrogens is 272 g/mol. The monoisotopic (exact) mass is 298 g/mol.